The zero-order chi connectivity index (χ0) is 16.5. The second-order valence-electron chi connectivity index (χ2n) is 7.10. The maximum absolute atomic E-state index is 5.94. The second kappa shape index (κ2) is 6.39. The van der Waals surface area contributed by atoms with Crippen LogP contribution in [0, 0.1) is 5.92 Å². The Labute approximate surface area is 142 Å². The number of hydrogen-bond acceptors (Lipinski definition) is 6. The van der Waals surface area contributed by atoms with Gasteiger partial charge in [0.2, 0.25) is 5.95 Å². The third-order valence-electron chi connectivity index (χ3n) is 5.29. The van der Waals surface area contributed by atoms with Crippen molar-refractivity contribution < 1.29 is 0 Å². The molecule has 2 fully saturated rings. The topological polar surface area (TPSA) is 98.9 Å². The van der Waals surface area contributed by atoms with Gasteiger partial charge in [-0.3, -0.25) is 4.68 Å². The average molecular weight is 327 g/mol. The SMILES string of the molecule is Nc1nc(C2CC(N)C2)cc(N2CCC(Cn3cccn3)CC2)n1. The van der Waals surface area contributed by atoms with E-state index in [2.05, 4.69) is 26.0 Å². The molecule has 0 aromatic carbocycles. The van der Waals surface area contributed by atoms with Crippen LogP contribution in [0.2, 0.25) is 0 Å². The summed E-state index contributed by atoms with van der Waals surface area (Å²) in [7, 11) is 0. The van der Waals surface area contributed by atoms with E-state index in [-0.39, 0.29) is 0 Å². The summed E-state index contributed by atoms with van der Waals surface area (Å²) in [5, 5.41) is 4.31. The van der Waals surface area contributed by atoms with E-state index in [1.165, 1.54) is 0 Å². The highest BCUT2D eigenvalue weighted by Gasteiger charge is 2.30. The number of nitrogen functional groups attached to an aromatic ring is 1. The standard InChI is InChI=1S/C17H25N7/c18-14-8-13(9-14)15-10-16(22-17(19)21-15)23-6-2-12(3-7-23)11-24-5-1-4-20-24/h1,4-5,10,12-14H,2-3,6-9,11,18H2,(H2,19,21,22). The summed E-state index contributed by atoms with van der Waals surface area (Å²) in [6.45, 7) is 3.01. The Morgan fingerprint density at radius 2 is 1.96 bits per heavy atom. The summed E-state index contributed by atoms with van der Waals surface area (Å²) in [5.41, 5.74) is 12.9. The monoisotopic (exact) mass is 327 g/mol. The quantitative estimate of drug-likeness (QED) is 0.880. The predicted octanol–water partition coefficient (Wildman–Crippen LogP) is 1.38. The molecule has 4 N–H and O–H groups in total. The zero-order valence-corrected chi connectivity index (χ0v) is 13.9. The molecule has 1 saturated carbocycles. The Balaban J connectivity index is 1.40. The molecule has 7 heteroatoms. The van der Waals surface area contributed by atoms with E-state index in [1.807, 2.05) is 23.1 Å². The highest BCUT2D eigenvalue weighted by Crippen LogP contribution is 2.36. The van der Waals surface area contributed by atoms with Crippen molar-refractivity contribution in [1.82, 2.24) is 19.7 Å². The van der Waals surface area contributed by atoms with Gasteiger partial charge in [-0.15, -0.1) is 0 Å². The van der Waals surface area contributed by atoms with Crippen molar-refractivity contribution in [3.05, 3.63) is 30.2 Å². The van der Waals surface area contributed by atoms with E-state index < -0.39 is 0 Å². The van der Waals surface area contributed by atoms with E-state index >= 15 is 0 Å². The van der Waals surface area contributed by atoms with Crippen LogP contribution in [0.25, 0.3) is 0 Å². The zero-order valence-electron chi connectivity index (χ0n) is 13.9. The van der Waals surface area contributed by atoms with Gasteiger partial charge in [0.05, 0.1) is 5.69 Å². The van der Waals surface area contributed by atoms with E-state index in [1.54, 1.807) is 0 Å². The molecule has 1 saturated heterocycles. The molecule has 2 aliphatic rings. The molecule has 0 bridgehead atoms. The fourth-order valence-corrected chi connectivity index (χ4v) is 3.76. The minimum absolute atomic E-state index is 0.313. The van der Waals surface area contributed by atoms with Gasteiger partial charge < -0.3 is 16.4 Å². The van der Waals surface area contributed by atoms with Crippen molar-refractivity contribution in [2.45, 2.75) is 44.2 Å². The van der Waals surface area contributed by atoms with Gasteiger partial charge in [0.25, 0.3) is 0 Å². The first-order chi connectivity index (χ1) is 11.7. The van der Waals surface area contributed by atoms with Gasteiger partial charge in [-0.25, -0.2) is 4.98 Å². The minimum Gasteiger partial charge on any atom is -0.368 e. The molecule has 4 rings (SSSR count). The summed E-state index contributed by atoms with van der Waals surface area (Å²) in [6.07, 6.45) is 8.17. The number of aromatic nitrogens is 4. The summed E-state index contributed by atoms with van der Waals surface area (Å²) in [6, 6.07) is 4.40. The molecule has 0 atom stereocenters. The van der Waals surface area contributed by atoms with Gasteiger partial charge in [-0.05, 0) is 37.7 Å². The molecule has 2 aromatic rings. The van der Waals surface area contributed by atoms with Crippen LogP contribution in [0.15, 0.2) is 24.5 Å². The van der Waals surface area contributed by atoms with Crippen molar-refractivity contribution in [2.24, 2.45) is 11.7 Å². The molecule has 7 nitrogen and oxygen atoms in total. The molecule has 2 aromatic heterocycles. The molecule has 1 aliphatic heterocycles. The molecule has 128 valence electrons. The van der Waals surface area contributed by atoms with Gasteiger partial charge in [-0.2, -0.15) is 10.1 Å². The van der Waals surface area contributed by atoms with Gasteiger partial charge in [0, 0.05) is 50.1 Å². The van der Waals surface area contributed by atoms with Crippen LogP contribution in [-0.2, 0) is 6.54 Å². The Kier molecular flexibility index (Phi) is 4.10. The Bertz CT molecular complexity index is 670. The van der Waals surface area contributed by atoms with Crippen molar-refractivity contribution in [3.8, 4) is 0 Å². The summed E-state index contributed by atoms with van der Waals surface area (Å²) in [5.74, 6) is 2.46. The number of nitrogens with zero attached hydrogens (tertiary/aromatic N) is 5. The van der Waals surface area contributed by atoms with E-state index in [4.69, 9.17) is 11.5 Å². The number of rotatable bonds is 4. The first-order valence-corrected chi connectivity index (χ1v) is 8.80. The molecule has 3 heterocycles. The summed E-state index contributed by atoms with van der Waals surface area (Å²) >= 11 is 0. The van der Waals surface area contributed by atoms with Crippen LogP contribution < -0.4 is 16.4 Å². The van der Waals surface area contributed by atoms with Gasteiger partial charge in [0.15, 0.2) is 0 Å². The third-order valence-corrected chi connectivity index (χ3v) is 5.29. The largest absolute Gasteiger partial charge is 0.368 e. The van der Waals surface area contributed by atoms with Crippen LogP contribution in [0.3, 0.4) is 0 Å². The predicted molar refractivity (Wildman–Crippen MR) is 93.6 cm³/mol. The summed E-state index contributed by atoms with van der Waals surface area (Å²) < 4.78 is 2.03. The van der Waals surface area contributed by atoms with Crippen molar-refractivity contribution >= 4 is 11.8 Å². The maximum Gasteiger partial charge on any atom is 0.222 e. The van der Waals surface area contributed by atoms with Crippen molar-refractivity contribution in [3.63, 3.8) is 0 Å². The summed E-state index contributed by atoms with van der Waals surface area (Å²) in [4.78, 5) is 11.2. The number of piperidine rings is 1. The van der Waals surface area contributed by atoms with Crippen molar-refractivity contribution in [2.75, 3.05) is 23.7 Å². The molecule has 0 spiro atoms. The smallest absolute Gasteiger partial charge is 0.222 e. The van der Waals surface area contributed by atoms with Crippen LogP contribution >= 0.6 is 0 Å². The Morgan fingerprint density at radius 3 is 2.62 bits per heavy atom. The second-order valence-corrected chi connectivity index (χ2v) is 7.10. The number of hydrogen-bond donors (Lipinski definition) is 2. The molecular formula is C17H25N7. The van der Waals surface area contributed by atoms with Crippen LogP contribution in [0.4, 0.5) is 11.8 Å². The first kappa shape index (κ1) is 15.4. The fourth-order valence-electron chi connectivity index (χ4n) is 3.76. The Hall–Kier alpha value is -2.15. The number of anilines is 2. The lowest BCUT2D eigenvalue weighted by Crippen LogP contribution is -2.37. The van der Waals surface area contributed by atoms with E-state index in [9.17, 15) is 0 Å². The molecule has 0 radical (unpaired) electrons. The van der Waals surface area contributed by atoms with Gasteiger partial charge in [-0.1, -0.05) is 0 Å². The van der Waals surface area contributed by atoms with E-state index in [0.29, 0.717) is 23.8 Å². The third kappa shape index (κ3) is 3.21. The van der Waals surface area contributed by atoms with E-state index in [0.717, 1.165) is 56.8 Å². The normalized spacial score (nSPS) is 24.8. The van der Waals surface area contributed by atoms with Gasteiger partial charge in [0.1, 0.15) is 5.82 Å². The van der Waals surface area contributed by atoms with Crippen molar-refractivity contribution in [1.29, 1.82) is 0 Å². The fraction of sp³-hybridized carbons (Fsp3) is 0.588. The molecule has 0 unspecified atom stereocenters. The van der Waals surface area contributed by atoms with Crippen LogP contribution in [-0.4, -0.2) is 38.9 Å². The Morgan fingerprint density at radius 1 is 1.17 bits per heavy atom. The molecule has 1 aliphatic carbocycles. The van der Waals surface area contributed by atoms with Gasteiger partial charge >= 0.3 is 0 Å². The lowest BCUT2D eigenvalue weighted by atomic mass is 9.78. The molecule has 0 amide bonds. The first-order valence-electron chi connectivity index (χ1n) is 8.80. The molecular weight excluding hydrogens is 302 g/mol. The lowest BCUT2D eigenvalue weighted by Gasteiger charge is -2.35. The highest BCUT2D eigenvalue weighted by atomic mass is 15.3. The number of nitrogens with two attached hydrogens (primary N) is 2. The maximum atomic E-state index is 5.94. The molecule has 24 heavy (non-hydrogen) atoms. The van der Waals surface area contributed by atoms with Crippen LogP contribution in [0.5, 0.6) is 0 Å². The minimum atomic E-state index is 0.313. The van der Waals surface area contributed by atoms with Crippen LogP contribution in [0.1, 0.15) is 37.3 Å². The highest BCUT2D eigenvalue weighted by molar-refractivity contribution is 5.45. The average Bonchev–Trinajstić information content (AvgIpc) is 3.05. The lowest BCUT2D eigenvalue weighted by molar-refractivity contribution is 0.339.